The standard InChI is InChI=1S/C6H14O2S.BH3/c1-7-3-5-9-6-4-8-2;/h3-6H2,1-2H3;1H3. The van der Waals surface area contributed by atoms with Crippen LogP contribution in [0.1, 0.15) is 0 Å². The lowest BCUT2D eigenvalue weighted by molar-refractivity contribution is 0.215. The minimum atomic E-state index is 0. The van der Waals surface area contributed by atoms with Crippen molar-refractivity contribution in [2.45, 2.75) is 0 Å². The Hall–Kier alpha value is 0.335. The van der Waals surface area contributed by atoms with E-state index in [0.717, 1.165) is 24.7 Å². The fourth-order valence-electron chi connectivity index (χ4n) is 0.387. The molecular weight excluding hydrogens is 147 g/mol. The molecule has 0 fully saturated rings. The van der Waals surface area contributed by atoms with E-state index in [9.17, 15) is 0 Å². The van der Waals surface area contributed by atoms with Crippen LogP contribution in [0.4, 0.5) is 0 Å². The lowest BCUT2D eigenvalue weighted by Gasteiger charge is -1.98. The minimum absolute atomic E-state index is 0. The fourth-order valence-corrected chi connectivity index (χ4v) is 1.16. The van der Waals surface area contributed by atoms with E-state index in [1.807, 2.05) is 11.8 Å². The number of rotatable bonds is 6. The summed E-state index contributed by atoms with van der Waals surface area (Å²) in [5.41, 5.74) is 0. The minimum Gasteiger partial charge on any atom is -0.384 e. The van der Waals surface area contributed by atoms with Crippen molar-refractivity contribution in [2.75, 3.05) is 38.9 Å². The molecule has 0 spiro atoms. The molecule has 0 aliphatic heterocycles. The van der Waals surface area contributed by atoms with Crippen molar-refractivity contribution in [3.8, 4) is 0 Å². The molecule has 10 heavy (non-hydrogen) atoms. The van der Waals surface area contributed by atoms with Gasteiger partial charge in [-0.2, -0.15) is 11.8 Å². The Balaban J connectivity index is 0. The van der Waals surface area contributed by atoms with E-state index >= 15 is 0 Å². The molecule has 0 heterocycles. The van der Waals surface area contributed by atoms with E-state index in [0.29, 0.717) is 0 Å². The average molecular weight is 164 g/mol. The highest BCUT2D eigenvalue weighted by Gasteiger charge is 1.85. The van der Waals surface area contributed by atoms with Crippen LogP contribution in [0.5, 0.6) is 0 Å². The third-order valence-corrected chi connectivity index (χ3v) is 1.77. The maximum absolute atomic E-state index is 4.86. The number of hydrogen-bond donors (Lipinski definition) is 0. The van der Waals surface area contributed by atoms with Gasteiger partial charge >= 0.3 is 0 Å². The van der Waals surface area contributed by atoms with Crippen LogP contribution in [0.25, 0.3) is 0 Å². The first kappa shape index (κ1) is 13.0. The van der Waals surface area contributed by atoms with Gasteiger partial charge in [0, 0.05) is 25.7 Å². The van der Waals surface area contributed by atoms with Crippen LogP contribution in [-0.4, -0.2) is 47.4 Å². The summed E-state index contributed by atoms with van der Waals surface area (Å²) in [7, 11) is 3.44. The van der Waals surface area contributed by atoms with Crippen molar-refractivity contribution in [3.05, 3.63) is 0 Å². The van der Waals surface area contributed by atoms with Gasteiger partial charge in [0.2, 0.25) is 0 Å². The molecule has 0 aromatic rings. The van der Waals surface area contributed by atoms with Crippen LogP contribution in [0.2, 0.25) is 0 Å². The highest BCUT2D eigenvalue weighted by Crippen LogP contribution is 1.97. The molecule has 62 valence electrons. The van der Waals surface area contributed by atoms with Crippen LogP contribution >= 0.6 is 11.8 Å². The highest BCUT2D eigenvalue weighted by atomic mass is 32.2. The summed E-state index contributed by atoms with van der Waals surface area (Å²) in [6, 6.07) is 0. The van der Waals surface area contributed by atoms with E-state index in [-0.39, 0.29) is 8.41 Å². The van der Waals surface area contributed by atoms with Gasteiger partial charge in [-0.25, -0.2) is 0 Å². The zero-order valence-corrected chi connectivity index (χ0v) is 6.87. The molecule has 0 saturated heterocycles. The number of methoxy groups -OCH3 is 2. The molecule has 4 heteroatoms. The predicted octanol–water partition coefficient (Wildman–Crippen LogP) is -0.172. The van der Waals surface area contributed by atoms with Crippen molar-refractivity contribution in [3.63, 3.8) is 0 Å². The SMILES string of the molecule is B.COCCSCCOC. The van der Waals surface area contributed by atoms with Gasteiger partial charge in [-0.1, -0.05) is 0 Å². The summed E-state index contributed by atoms with van der Waals surface area (Å²) in [5.74, 6) is 2.14. The molecular formula is C6H17BO2S. The summed E-state index contributed by atoms with van der Waals surface area (Å²) in [6.07, 6.45) is 0. The molecule has 0 aromatic heterocycles. The molecule has 0 radical (unpaired) electrons. The van der Waals surface area contributed by atoms with E-state index in [1.165, 1.54) is 0 Å². The smallest absolute Gasteiger partial charge is 0.0814 e. The van der Waals surface area contributed by atoms with Crippen LogP contribution in [0.3, 0.4) is 0 Å². The zero-order chi connectivity index (χ0) is 6.95. The van der Waals surface area contributed by atoms with Gasteiger partial charge in [0.25, 0.3) is 0 Å². The highest BCUT2D eigenvalue weighted by molar-refractivity contribution is 7.99. The van der Waals surface area contributed by atoms with Gasteiger partial charge in [0.15, 0.2) is 0 Å². The van der Waals surface area contributed by atoms with Crippen molar-refractivity contribution in [1.29, 1.82) is 0 Å². The molecule has 0 aliphatic carbocycles. The third kappa shape index (κ3) is 11.2. The van der Waals surface area contributed by atoms with E-state index in [4.69, 9.17) is 9.47 Å². The third-order valence-electron chi connectivity index (χ3n) is 0.864. The predicted molar refractivity (Wildman–Crippen MR) is 51.0 cm³/mol. The van der Waals surface area contributed by atoms with Gasteiger partial charge in [-0.05, 0) is 0 Å². The van der Waals surface area contributed by atoms with Gasteiger partial charge in [0.05, 0.1) is 21.6 Å². The Morgan fingerprint density at radius 3 is 1.70 bits per heavy atom. The van der Waals surface area contributed by atoms with Crippen molar-refractivity contribution < 1.29 is 9.47 Å². The second-order valence-electron chi connectivity index (χ2n) is 1.60. The molecule has 2 nitrogen and oxygen atoms in total. The van der Waals surface area contributed by atoms with E-state index in [1.54, 1.807) is 14.2 Å². The fraction of sp³-hybridized carbons (Fsp3) is 1.00. The van der Waals surface area contributed by atoms with Gasteiger partial charge < -0.3 is 9.47 Å². The van der Waals surface area contributed by atoms with Crippen molar-refractivity contribution in [1.82, 2.24) is 0 Å². The molecule has 0 rings (SSSR count). The van der Waals surface area contributed by atoms with Crippen LogP contribution in [0.15, 0.2) is 0 Å². The maximum Gasteiger partial charge on any atom is 0.0814 e. The Morgan fingerprint density at radius 1 is 1.00 bits per heavy atom. The van der Waals surface area contributed by atoms with Crippen LogP contribution in [0, 0.1) is 0 Å². The van der Waals surface area contributed by atoms with E-state index in [2.05, 4.69) is 0 Å². The molecule has 0 aliphatic rings. The lowest BCUT2D eigenvalue weighted by Crippen LogP contribution is -1.96. The Labute approximate surface area is 69.2 Å². The monoisotopic (exact) mass is 164 g/mol. The average Bonchev–Trinajstić information content (AvgIpc) is 1.89. The Bertz CT molecular complexity index is 49.0. The first-order valence-corrected chi connectivity index (χ1v) is 4.13. The summed E-state index contributed by atoms with van der Waals surface area (Å²) in [5, 5.41) is 0. The quantitative estimate of drug-likeness (QED) is 0.401. The Kier molecular flexibility index (Phi) is 15.6. The summed E-state index contributed by atoms with van der Waals surface area (Å²) >= 11 is 1.85. The first-order chi connectivity index (χ1) is 4.41. The number of thioether (sulfide) groups is 1. The topological polar surface area (TPSA) is 18.5 Å². The lowest BCUT2D eigenvalue weighted by atomic mass is 10.8. The Morgan fingerprint density at radius 2 is 1.40 bits per heavy atom. The summed E-state index contributed by atoms with van der Waals surface area (Å²) < 4.78 is 9.72. The molecule has 0 saturated carbocycles. The molecule has 0 bridgehead atoms. The van der Waals surface area contributed by atoms with Crippen molar-refractivity contribution in [2.24, 2.45) is 0 Å². The molecule has 0 N–H and O–H groups in total. The maximum atomic E-state index is 4.86. The first-order valence-electron chi connectivity index (χ1n) is 2.97. The normalized spacial score (nSPS) is 9.00. The molecule has 0 atom stereocenters. The van der Waals surface area contributed by atoms with Gasteiger partial charge in [0.1, 0.15) is 0 Å². The second kappa shape index (κ2) is 12.1. The van der Waals surface area contributed by atoms with Crippen molar-refractivity contribution >= 4 is 20.2 Å². The molecule has 0 amide bonds. The van der Waals surface area contributed by atoms with Crippen LogP contribution < -0.4 is 0 Å². The van der Waals surface area contributed by atoms with Gasteiger partial charge in [-0.15, -0.1) is 0 Å². The number of ether oxygens (including phenoxy) is 2. The van der Waals surface area contributed by atoms with E-state index < -0.39 is 0 Å². The second-order valence-corrected chi connectivity index (χ2v) is 2.82. The molecule has 0 unspecified atom stereocenters. The largest absolute Gasteiger partial charge is 0.384 e. The number of hydrogen-bond acceptors (Lipinski definition) is 3. The summed E-state index contributed by atoms with van der Waals surface area (Å²) in [6.45, 7) is 1.68. The molecule has 0 aromatic carbocycles. The van der Waals surface area contributed by atoms with Crippen LogP contribution in [-0.2, 0) is 9.47 Å². The zero-order valence-electron chi connectivity index (χ0n) is 6.05. The summed E-state index contributed by atoms with van der Waals surface area (Å²) in [4.78, 5) is 0. The van der Waals surface area contributed by atoms with Gasteiger partial charge in [-0.3, -0.25) is 0 Å².